The number of amides is 1. The quantitative estimate of drug-likeness (QED) is 0.703. The van der Waals surface area contributed by atoms with E-state index in [0.717, 1.165) is 60.6 Å². The molecular weight excluding hydrogens is 380 g/mol. The SMILES string of the molecule is Cc1c(C(=O)NCC2(C)CCCO2)oc2c1-c1nn(Cc3ccccn3)cc1CC2. The summed E-state index contributed by atoms with van der Waals surface area (Å²) in [6.45, 7) is 5.84. The van der Waals surface area contributed by atoms with Gasteiger partial charge in [0.25, 0.3) is 5.91 Å². The highest BCUT2D eigenvalue weighted by Gasteiger charge is 2.33. The van der Waals surface area contributed by atoms with Crippen LogP contribution in [-0.2, 0) is 24.1 Å². The van der Waals surface area contributed by atoms with Gasteiger partial charge >= 0.3 is 0 Å². The van der Waals surface area contributed by atoms with Crippen molar-refractivity contribution < 1.29 is 13.9 Å². The molecule has 1 amide bonds. The summed E-state index contributed by atoms with van der Waals surface area (Å²) in [4.78, 5) is 17.2. The topological polar surface area (TPSA) is 82.2 Å². The number of carbonyl (C=O) groups is 1. The molecule has 5 rings (SSSR count). The van der Waals surface area contributed by atoms with Crippen molar-refractivity contribution in [1.29, 1.82) is 0 Å². The van der Waals surface area contributed by atoms with Crippen molar-refractivity contribution in [2.75, 3.05) is 13.2 Å². The van der Waals surface area contributed by atoms with Crippen molar-refractivity contribution in [3.05, 3.63) is 58.9 Å². The van der Waals surface area contributed by atoms with Gasteiger partial charge in [-0.1, -0.05) is 6.07 Å². The fraction of sp³-hybridized carbons (Fsp3) is 0.435. The maximum atomic E-state index is 12.8. The zero-order valence-electron chi connectivity index (χ0n) is 17.4. The highest BCUT2D eigenvalue weighted by molar-refractivity contribution is 5.95. The number of pyridine rings is 1. The van der Waals surface area contributed by atoms with E-state index in [0.29, 0.717) is 18.8 Å². The molecule has 1 unspecified atom stereocenters. The number of fused-ring (bicyclic) bond motifs is 3. The molecule has 7 nitrogen and oxygen atoms in total. The maximum absolute atomic E-state index is 12.8. The second kappa shape index (κ2) is 7.40. The predicted octanol–water partition coefficient (Wildman–Crippen LogP) is 3.29. The summed E-state index contributed by atoms with van der Waals surface area (Å²) in [7, 11) is 0. The number of ether oxygens (including phenoxy) is 1. The summed E-state index contributed by atoms with van der Waals surface area (Å²) in [5, 5.41) is 7.81. The number of carbonyl (C=O) groups excluding carboxylic acids is 1. The first-order chi connectivity index (χ1) is 14.5. The van der Waals surface area contributed by atoms with E-state index < -0.39 is 0 Å². The molecule has 0 saturated carbocycles. The van der Waals surface area contributed by atoms with E-state index in [4.69, 9.17) is 14.3 Å². The summed E-state index contributed by atoms with van der Waals surface area (Å²) >= 11 is 0. The summed E-state index contributed by atoms with van der Waals surface area (Å²) in [6, 6.07) is 5.88. The van der Waals surface area contributed by atoms with E-state index in [1.807, 2.05) is 36.7 Å². The number of hydrogen-bond donors (Lipinski definition) is 1. The highest BCUT2D eigenvalue weighted by atomic mass is 16.5. The van der Waals surface area contributed by atoms with Gasteiger partial charge in [0.05, 0.1) is 23.5 Å². The second-order valence-electron chi connectivity index (χ2n) is 8.46. The van der Waals surface area contributed by atoms with E-state index in [1.54, 1.807) is 6.20 Å². The largest absolute Gasteiger partial charge is 0.455 e. The van der Waals surface area contributed by atoms with Crippen molar-refractivity contribution in [3.8, 4) is 11.3 Å². The Kier molecular flexibility index (Phi) is 4.70. The molecule has 1 aliphatic heterocycles. The molecule has 3 aromatic heterocycles. The van der Waals surface area contributed by atoms with Crippen LogP contribution >= 0.6 is 0 Å². The lowest BCUT2D eigenvalue weighted by molar-refractivity contribution is 0.0203. The molecule has 0 radical (unpaired) electrons. The van der Waals surface area contributed by atoms with Crippen molar-refractivity contribution in [2.45, 2.75) is 51.7 Å². The number of hydrogen-bond acceptors (Lipinski definition) is 5. The summed E-state index contributed by atoms with van der Waals surface area (Å²) in [6.07, 6.45) is 7.48. The summed E-state index contributed by atoms with van der Waals surface area (Å²) in [5.41, 5.74) is 4.59. The van der Waals surface area contributed by atoms with Crippen LogP contribution in [0.2, 0.25) is 0 Å². The molecular formula is C23H26N4O3. The highest BCUT2D eigenvalue weighted by Crippen LogP contribution is 2.38. The van der Waals surface area contributed by atoms with Crippen LogP contribution in [0.25, 0.3) is 11.3 Å². The van der Waals surface area contributed by atoms with Gasteiger partial charge in [-0.2, -0.15) is 5.10 Å². The molecule has 0 bridgehead atoms. The van der Waals surface area contributed by atoms with Crippen LogP contribution in [0.4, 0.5) is 0 Å². The standard InChI is InChI=1S/C23H26N4O3/c1-15-19-18(30-21(15)22(28)25-14-23(2)9-5-11-29-23)8-7-16-12-27(26-20(16)19)13-17-6-3-4-10-24-17/h3-4,6,10,12H,5,7-9,11,13-14H2,1-2H3,(H,25,28). The Morgan fingerprint density at radius 3 is 3.00 bits per heavy atom. The smallest absolute Gasteiger partial charge is 0.287 e. The molecule has 1 atom stereocenters. The lowest BCUT2D eigenvalue weighted by atomic mass is 9.93. The Bertz CT molecular complexity index is 1080. The predicted molar refractivity (Wildman–Crippen MR) is 111 cm³/mol. The lowest BCUT2D eigenvalue weighted by Gasteiger charge is -2.23. The van der Waals surface area contributed by atoms with Crippen molar-refractivity contribution in [1.82, 2.24) is 20.1 Å². The van der Waals surface area contributed by atoms with Crippen LogP contribution in [0, 0.1) is 6.92 Å². The Morgan fingerprint density at radius 2 is 2.23 bits per heavy atom. The van der Waals surface area contributed by atoms with E-state index in [9.17, 15) is 4.79 Å². The van der Waals surface area contributed by atoms with Gasteiger partial charge in [0, 0.05) is 43.1 Å². The van der Waals surface area contributed by atoms with E-state index in [2.05, 4.69) is 16.5 Å². The number of rotatable bonds is 5. The van der Waals surface area contributed by atoms with Gasteiger partial charge in [-0.05, 0) is 50.8 Å². The van der Waals surface area contributed by atoms with Gasteiger partial charge in [-0.15, -0.1) is 0 Å². The first kappa shape index (κ1) is 19.1. The Morgan fingerprint density at radius 1 is 1.33 bits per heavy atom. The maximum Gasteiger partial charge on any atom is 0.287 e. The molecule has 2 aliphatic rings. The molecule has 1 N–H and O–H groups in total. The minimum Gasteiger partial charge on any atom is -0.455 e. The fourth-order valence-corrected chi connectivity index (χ4v) is 4.44. The molecule has 7 heteroatoms. The molecule has 30 heavy (non-hydrogen) atoms. The molecule has 4 heterocycles. The first-order valence-corrected chi connectivity index (χ1v) is 10.5. The van der Waals surface area contributed by atoms with E-state index >= 15 is 0 Å². The zero-order valence-corrected chi connectivity index (χ0v) is 17.4. The minimum atomic E-state index is -0.285. The third kappa shape index (κ3) is 3.43. The summed E-state index contributed by atoms with van der Waals surface area (Å²) in [5.74, 6) is 1.04. The first-order valence-electron chi connectivity index (χ1n) is 10.5. The minimum absolute atomic E-state index is 0.187. The van der Waals surface area contributed by atoms with Gasteiger partial charge in [0.1, 0.15) is 5.76 Å². The van der Waals surface area contributed by atoms with Gasteiger partial charge < -0.3 is 14.5 Å². The molecule has 0 spiro atoms. The molecule has 156 valence electrons. The number of nitrogens with one attached hydrogen (secondary N) is 1. The van der Waals surface area contributed by atoms with Gasteiger partial charge in [-0.3, -0.25) is 14.5 Å². The van der Waals surface area contributed by atoms with Crippen LogP contribution in [0.1, 0.15) is 52.9 Å². The normalized spacial score (nSPS) is 20.1. The second-order valence-corrected chi connectivity index (χ2v) is 8.46. The molecule has 3 aromatic rings. The number of aryl methyl sites for hydroxylation is 2. The fourth-order valence-electron chi connectivity index (χ4n) is 4.44. The molecule has 0 aromatic carbocycles. The van der Waals surface area contributed by atoms with Crippen molar-refractivity contribution in [3.63, 3.8) is 0 Å². The average molecular weight is 406 g/mol. The Balaban J connectivity index is 1.39. The van der Waals surface area contributed by atoms with Crippen LogP contribution in [0.15, 0.2) is 35.0 Å². The van der Waals surface area contributed by atoms with Crippen LogP contribution in [0.3, 0.4) is 0 Å². The number of nitrogens with zero attached hydrogens (tertiary/aromatic N) is 3. The summed E-state index contributed by atoms with van der Waals surface area (Å²) < 4.78 is 13.7. The van der Waals surface area contributed by atoms with Crippen LogP contribution in [-0.4, -0.2) is 39.4 Å². The number of furan rings is 1. The molecule has 1 fully saturated rings. The van der Waals surface area contributed by atoms with E-state index in [-0.39, 0.29) is 11.5 Å². The van der Waals surface area contributed by atoms with Crippen LogP contribution < -0.4 is 5.32 Å². The Labute approximate surface area is 175 Å². The molecule has 1 saturated heterocycles. The lowest BCUT2D eigenvalue weighted by Crippen LogP contribution is -2.40. The van der Waals surface area contributed by atoms with Gasteiger partial charge in [0.2, 0.25) is 0 Å². The number of aromatic nitrogens is 3. The zero-order chi connectivity index (χ0) is 20.7. The molecule has 1 aliphatic carbocycles. The van der Waals surface area contributed by atoms with E-state index in [1.165, 1.54) is 5.56 Å². The third-order valence-corrected chi connectivity index (χ3v) is 6.10. The monoisotopic (exact) mass is 406 g/mol. The third-order valence-electron chi connectivity index (χ3n) is 6.10. The van der Waals surface area contributed by atoms with Gasteiger partial charge in [-0.25, -0.2) is 0 Å². The van der Waals surface area contributed by atoms with Crippen LogP contribution in [0.5, 0.6) is 0 Å². The Hall–Kier alpha value is -2.93. The average Bonchev–Trinajstić information content (AvgIpc) is 3.44. The van der Waals surface area contributed by atoms with Crippen molar-refractivity contribution in [2.24, 2.45) is 0 Å². The van der Waals surface area contributed by atoms with Crippen molar-refractivity contribution >= 4 is 5.91 Å². The van der Waals surface area contributed by atoms with Gasteiger partial charge in [0.15, 0.2) is 5.76 Å².